The zero-order valence-electron chi connectivity index (χ0n) is 8.07. The Morgan fingerprint density at radius 2 is 1.94 bits per heavy atom. The van der Waals surface area contributed by atoms with Gasteiger partial charge in [-0.05, 0) is 6.07 Å². The first-order valence-electron chi connectivity index (χ1n) is 4.73. The molecule has 0 N–H and O–H groups in total. The van der Waals surface area contributed by atoms with Gasteiger partial charge in [-0.25, -0.2) is 4.39 Å². The summed E-state index contributed by atoms with van der Waals surface area (Å²) in [5.41, 5.74) is -0.162. The van der Waals surface area contributed by atoms with Crippen LogP contribution >= 0.6 is 0 Å². The van der Waals surface area contributed by atoms with Crippen molar-refractivity contribution in [3.63, 3.8) is 0 Å². The summed E-state index contributed by atoms with van der Waals surface area (Å²) in [6, 6.07) is 1.42. The molecule has 0 radical (unpaired) electrons. The summed E-state index contributed by atoms with van der Waals surface area (Å²) in [6.45, 7) is 0.737. The molecule has 3 rings (SSSR count). The van der Waals surface area contributed by atoms with Gasteiger partial charge in [-0.2, -0.15) is 4.39 Å². The molecule has 84 valence electrons. The van der Waals surface area contributed by atoms with Crippen LogP contribution in [0.15, 0.2) is 16.8 Å². The number of aromatic nitrogens is 1. The number of ether oxygens (including phenoxy) is 2. The van der Waals surface area contributed by atoms with Gasteiger partial charge < -0.3 is 14.0 Å². The van der Waals surface area contributed by atoms with Gasteiger partial charge in [0.05, 0.1) is 19.4 Å². The average molecular weight is 227 g/mol. The Kier molecular flexibility index (Phi) is 2.12. The summed E-state index contributed by atoms with van der Waals surface area (Å²) < 4.78 is 42.0. The van der Waals surface area contributed by atoms with Crippen LogP contribution in [0.3, 0.4) is 0 Å². The molecule has 2 aromatic rings. The van der Waals surface area contributed by atoms with Crippen molar-refractivity contribution in [2.75, 3.05) is 13.2 Å². The molecule has 0 spiro atoms. The topological polar surface area (TPSA) is 44.5 Å². The molecule has 1 aromatic carbocycles. The van der Waals surface area contributed by atoms with Gasteiger partial charge in [-0.3, -0.25) is 0 Å². The molecule has 4 nitrogen and oxygen atoms in total. The lowest BCUT2D eigenvalue weighted by Gasteiger charge is -2.10. The van der Waals surface area contributed by atoms with Crippen molar-refractivity contribution in [3.8, 4) is 0 Å². The minimum absolute atomic E-state index is 0.0331. The van der Waals surface area contributed by atoms with Gasteiger partial charge in [0.25, 0.3) is 0 Å². The number of rotatable bonds is 1. The van der Waals surface area contributed by atoms with Crippen LogP contribution in [-0.4, -0.2) is 18.4 Å². The lowest BCUT2D eigenvalue weighted by molar-refractivity contribution is -0.0467. The molecule has 0 atom stereocenters. The fraction of sp³-hybridized carbons (Fsp3) is 0.300. The first kappa shape index (κ1) is 9.68. The number of fused-ring (bicyclic) bond motifs is 1. The van der Waals surface area contributed by atoms with Crippen molar-refractivity contribution in [1.82, 2.24) is 5.16 Å². The van der Waals surface area contributed by atoms with Gasteiger partial charge >= 0.3 is 0 Å². The van der Waals surface area contributed by atoms with Crippen molar-refractivity contribution in [1.29, 1.82) is 0 Å². The largest absolute Gasteiger partial charge is 0.353 e. The van der Waals surface area contributed by atoms with Crippen LogP contribution in [0.5, 0.6) is 0 Å². The van der Waals surface area contributed by atoms with Crippen molar-refractivity contribution in [2.45, 2.75) is 6.29 Å². The van der Waals surface area contributed by atoms with E-state index in [-0.39, 0.29) is 11.1 Å². The highest BCUT2D eigenvalue weighted by atomic mass is 19.2. The van der Waals surface area contributed by atoms with E-state index in [0.717, 1.165) is 0 Å². The first-order valence-corrected chi connectivity index (χ1v) is 4.73. The zero-order valence-corrected chi connectivity index (χ0v) is 8.07. The van der Waals surface area contributed by atoms with Gasteiger partial charge in [-0.15, -0.1) is 0 Å². The predicted octanol–water partition coefficient (Wildman–Crippen LogP) is 2.15. The van der Waals surface area contributed by atoms with Crippen LogP contribution in [0.25, 0.3) is 11.0 Å². The summed E-state index contributed by atoms with van der Waals surface area (Å²) in [7, 11) is 0. The minimum Gasteiger partial charge on any atom is -0.353 e. The molecule has 1 aliphatic rings. The molecule has 0 saturated carbocycles. The van der Waals surface area contributed by atoms with Crippen LogP contribution in [0.4, 0.5) is 8.78 Å². The fourth-order valence-electron chi connectivity index (χ4n) is 1.68. The third-order valence-corrected chi connectivity index (χ3v) is 2.43. The SMILES string of the molecule is Fc1c(C2OCCO2)cc2cnoc2c1F. The van der Waals surface area contributed by atoms with Gasteiger partial charge in [0, 0.05) is 10.9 Å². The second kappa shape index (κ2) is 3.50. The maximum Gasteiger partial charge on any atom is 0.205 e. The summed E-state index contributed by atoms with van der Waals surface area (Å²) in [6.07, 6.45) is 0.463. The summed E-state index contributed by atoms with van der Waals surface area (Å²) in [5.74, 6) is -2.08. The Morgan fingerprint density at radius 1 is 1.19 bits per heavy atom. The normalized spacial score (nSPS) is 17.4. The van der Waals surface area contributed by atoms with E-state index in [1.54, 1.807) is 0 Å². The van der Waals surface area contributed by atoms with Crippen molar-refractivity contribution in [3.05, 3.63) is 29.5 Å². The van der Waals surface area contributed by atoms with Crippen LogP contribution in [0.1, 0.15) is 11.9 Å². The van der Waals surface area contributed by atoms with E-state index in [1.807, 2.05) is 0 Å². The molecule has 1 aliphatic heterocycles. The van der Waals surface area contributed by atoms with Crippen LogP contribution in [0.2, 0.25) is 0 Å². The first-order chi connectivity index (χ1) is 7.77. The van der Waals surface area contributed by atoms with Gasteiger partial charge in [0.2, 0.25) is 11.4 Å². The molecular weight excluding hydrogens is 220 g/mol. The van der Waals surface area contributed by atoms with E-state index in [4.69, 9.17) is 9.47 Å². The van der Waals surface area contributed by atoms with Crippen LogP contribution < -0.4 is 0 Å². The molecule has 2 heterocycles. The lowest BCUT2D eigenvalue weighted by atomic mass is 10.1. The van der Waals surface area contributed by atoms with Crippen molar-refractivity contribution < 1.29 is 22.8 Å². The van der Waals surface area contributed by atoms with E-state index >= 15 is 0 Å². The Labute approximate surface area is 88.7 Å². The standard InChI is InChI=1S/C10H7F2NO3/c11-7-6(10-14-1-2-15-10)3-5-4-13-16-9(5)8(7)12/h3-4,10H,1-2H2. The van der Waals surface area contributed by atoms with E-state index in [2.05, 4.69) is 9.68 Å². The molecule has 16 heavy (non-hydrogen) atoms. The summed E-state index contributed by atoms with van der Waals surface area (Å²) in [5, 5.41) is 3.79. The third kappa shape index (κ3) is 1.30. The Morgan fingerprint density at radius 3 is 2.69 bits per heavy atom. The number of hydrogen-bond acceptors (Lipinski definition) is 4. The molecule has 1 fully saturated rings. The maximum atomic E-state index is 13.6. The van der Waals surface area contributed by atoms with E-state index in [9.17, 15) is 8.78 Å². The van der Waals surface area contributed by atoms with Crippen molar-refractivity contribution >= 4 is 11.0 Å². The number of hydrogen-bond donors (Lipinski definition) is 0. The average Bonchev–Trinajstić information content (AvgIpc) is 2.92. The van der Waals surface area contributed by atoms with Gasteiger partial charge in [-0.1, -0.05) is 5.16 Å². The summed E-state index contributed by atoms with van der Waals surface area (Å²) >= 11 is 0. The molecule has 6 heteroatoms. The second-order valence-corrected chi connectivity index (χ2v) is 3.41. The lowest BCUT2D eigenvalue weighted by Crippen LogP contribution is -2.03. The fourth-order valence-corrected chi connectivity index (χ4v) is 1.68. The number of nitrogens with zero attached hydrogens (tertiary/aromatic N) is 1. The zero-order chi connectivity index (χ0) is 11.1. The van der Waals surface area contributed by atoms with Gasteiger partial charge in [0.1, 0.15) is 0 Å². The molecule has 1 aromatic heterocycles. The number of benzene rings is 1. The summed E-state index contributed by atoms with van der Waals surface area (Å²) in [4.78, 5) is 0. The monoisotopic (exact) mass is 227 g/mol. The van der Waals surface area contributed by atoms with Crippen molar-refractivity contribution in [2.24, 2.45) is 0 Å². The maximum absolute atomic E-state index is 13.6. The molecular formula is C10H7F2NO3. The van der Waals surface area contributed by atoms with E-state index < -0.39 is 17.9 Å². The second-order valence-electron chi connectivity index (χ2n) is 3.41. The van der Waals surface area contributed by atoms with E-state index in [0.29, 0.717) is 18.6 Å². The predicted molar refractivity (Wildman–Crippen MR) is 48.6 cm³/mol. The Hall–Kier alpha value is -1.53. The Bertz CT molecular complexity index is 534. The Balaban J connectivity index is 2.19. The van der Waals surface area contributed by atoms with Crippen LogP contribution in [-0.2, 0) is 9.47 Å². The molecule has 0 amide bonds. The minimum atomic E-state index is -1.07. The third-order valence-electron chi connectivity index (χ3n) is 2.43. The smallest absolute Gasteiger partial charge is 0.205 e. The van der Waals surface area contributed by atoms with E-state index in [1.165, 1.54) is 12.3 Å². The molecule has 0 bridgehead atoms. The quantitative estimate of drug-likeness (QED) is 0.748. The van der Waals surface area contributed by atoms with Gasteiger partial charge in [0.15, 0.2) is 12.1 Å². The highest BCUT2D eigenvalue weighted by Crippen LogP contribution is 2.31. The highest BCUT2D eigenvalue weighted by molar-refractivity contribution is 5.77. The number of halogens is 2. The highest BCUT2D eigenvalue weighted by Gasteiger charge is 2.26. The molecule has 0 unspecified atom stereocenters. The van der Waals surface area contributed by atoms with Crippen LogP contribution in [0, 0.1) is 11.6 Å². The molecule has 1 saturated heterocycles. The molecule has 0 aliphatic carbocycles.